The van der Waals surface area contributed by atoms with Crippen LogP contribution in [0.4, 0.5) is 0 Å². The zero-order valence-corrected chi connectivity index (χ0v) is 12.0. The monoisotopic (exact) mass is 284 g/mol. The van der Waals surface area contributed by atoms with Crippen molar-refractivity contribution in [3.05, 3.63) is 0 Å². The van der Waals surface area contributed by atoms with E-state index in [4.69, 9.17) is 9.84 Å². The number of carbonyl (C=O) groups excluding carboxylic acids is 1. The summed E-state index contributed by atoms with van der Waals surface area (Å²) in [5.41, 5.74) is -1.05. The number of hydrogen-bond acceptors (Lipinski definition) is 4. The molecule has 1 saturated carbocycles. The molecule has 1 aliphatic carbocycles. The minimum Gasteiger partial charge on any atom is -0.481 e. The summed E-state index contributed by atoms with van der Waals surface area (Å²) in [4.78, 5) is 23.7. The minimum atomic E-state index is -0.851. The lowest BCUT2D eigenvalue weighted by Crippen LogP contribution is -2.60. The Morgan fingerprint density at radius 3 is 2.35 bits per heavy atom. The number of carboxylic acids is 1. The predicted molar refractivity (Wildman–Crippen MR) is 73.4 cm³/mol. The highest BCUT2D eigenvalue weighted by molar-refractivity contribution is 5.84. The summed E-state index contributed by atoms with van der Waals surface area (Å²) in [7, 11) is 1.60. The summed E-state index contributed by atoms with van der Waals surface area (Å²) in [6, 6.07) is 0. The minimum absolute atomic E-state index is 0.0139. The molecule has 0 unspecified atom stereocenters. The molecule has 6 nitrogen and oxygen atoms in total. The number of aliphatic carboxylic acids is 1. The second-order valence-corrected chi connectivity index (χ2v) is 6.12. The maximum atomic E-state index is 12.7. The highest BCUT2D eigenvalue weighted by atomic mass is 16.5. The first-order chi connectivity index (χ1) is 9.52. The molecular weight excluding hydrogens is 260 g/mol. The van der Waals surface area contributed by atoms with Crippen LogP contribution >= 0.6 is 0 Å². The van der Waals surface area contributed by atoms with Crippen LogP contribution in [0.15, 0.2) is 0 Å². The molecule has 0 aromatic rings. The topological polar surface area (TPSA) is 87.7 Å². The number of carboxylic acid groups (broad SMARTS) is 1. The molecule has 1 amide bonds. The van der Waals surface area contributed by atoms with Crippen molar-refractivity contribution in [1.29, 1.82) is 0 Å². The number of carbonyl (C=O) groups is 2. The Bertz CT molecular complexity index is 368. The molecule has 0 radical (unpaired) electrons. The fourth-order valence-electron chi connectivity index (χ4n) is 3.23. The molecule has 0 atom stereocenters. The summed E-state index contributed by atoms with van der Waals surface area (Å²) in [6.07, 6.45) is 3.97. The Morgan fingerprint density at radius 1 is 1.25 bits per heavy atom. The number of methoxy groups -OCH3 is 1. The second-order valence-electron chi connectivity index (χ2n) is 6.12. The van der Waals surface area contributed by atoms with Crippen molar-refractivity contribution in [2.24, 2.45) is 5.41 Å². The molecule has 2 aliphatic rings. The summed E-state index contributed by atoms with van der Waals surface area (Å²) < 4.78 is 5.25. The normalized spacial score (nSPS) is 23.6. The lowest BCUT2D eigenvalue weighted by atomic mass is 9.72. The third-order valence-corrected chi connectivity index (χ3v) is 4.64. The van der Waals surface area contributed by atoms with Gasteiger partial charge in [0.15, 0.2) is 0 Å². The highest BCUT2D eigenvalue weighted by Gasteiger charge is 2.46. The van der Waals surface area contributed by atoms with E-state index in [-0.39, 0.29) is 12.3 Å². The van der Waals surface area contributed by atoms with Crippen LogP contribution in [-0.4, -0.2) is 49.3 Å². The van der Waals surface area contributed by atoms with E-state index in [1.165, 1.54) is 0 Å². The Kier molecular flexibility index (Phi) is 4.65. The number of piperidine rings is 1. The molecule has 6 heteroatoms. The number of hydrogen-bond donors (Lipinski definition) is 3. The number of amides is 1. The largest absolute Gasteiger partial charge is 0.481 e. The van der Waals surface area contributed by atoms with Crippen LogP contribution in [0, 0.1) is 5.41 Å². The first-order valence-electron chi connectivity index (χ1n) is 7.26. The first kappa shape index (κ1) is 15.3. The molecule has 2 fully saturated rings. The highest BCUT2D eigenvalue weighted by Crippen LogP contribution is 2.37. The molecule has 1 aliphatic heterocycles. The molecule has 0 aromatic heterocycles. The van der Waals surface area contributed by atoms with Gasteiger partial charge in [-0.15, -0.1) is 0 Å². The van der Waals surface area contributed by atoms with Crippen LogP contribution in [0.5, 0.6) is 0 Å². The van der Waals surface area contributed by atoms with E-state index in [0.29, 0.717) is 6.61 Å². The third-order valence-electron chi connectivity index (χ3n) is 4.64. The zero-order valence-electron chi connectivity index (χ0n) is 12.0. The van der Waals surface area contributed by atoms with E-state index in [1.54, 1.807) is 7.11 Å². The maximum Gasteiger partial charge on any atom is 0.305 e. The van der Waals surface area contributed by atoms with Crippen LogP contribution < -0.4 is 10.6 Å². The van der Waals surface area contributed by atoms with Crippen LogP contribution in [-0.2, 0) is 14.3 Å². The van der Waals surface area contributed by atoms with Crippen molar-refractivity contribution in [1.82, 2.24) is 10.6 Å². The molecular formula is C14H24N2O4. The van der Waals surface area contributed by atoms with Gasteiger partial charge < -0.3 is 20.5 Å². The summed E-state index contributed by atoms with van der Waals surface area (Å²) >= 11 is 0. The average Bonchev–Trinajstić information content (AvgIpc) is 2.37. The fraction of sp³-hybridized carbons (Fsp3) is 0.857. The Morgan fingerprint density at radius 2 is 1.90 bits per heavy atom. The molecule has 0 aromatic carbocycles. The summed E-state index contributed by atoms with van der Waals surface area (Å²) in [5, 5.41) is 15.3. The molecule has 0 spiro atoms. The quantitative estimate of drug-likeness (QED) is 0.662. The zero-order chi connectivity index (χ0) is 14.6. The molecule has 114 valence electrons. The van der Waals surface area contributed by atoms with E-state index in [1.807, 2.05) is 0 Å². The molecule has 1 heterocycles. The molecule has 3 N–H and O–H groups in total. The van der Waals surface area contributed by atoms with Gasteiger partial charge in [0, 0.05) is 7.11 Å². The summed E-state index contributed by atoms with van der Waals surface area (Å²) in [5.74, 6) is -0.891. The molecule has 0 bridgehead atoms. The number of ether oxygens (including phenoxy) is 1. The first-order valence-corrected chi connectivity index (χ1v) is 7.26. The van der Waals surface area contributed by atoms with Crippen molar-refractivity contribution in [2.45, 2.75) is 44.1 Å². The van der Waals surface area contributed by atoms with Crippen LogP contribution in [0.25, 0.3) is 0 Å². The standard InChI is InChI=1S/C14H24N2O4/c1-20-10-13(5-7-15-8-6-13)12(19)16-14(3-2-4-14)9-11(17)18/h15H,2-10H2,1H3,(H,16,19)(H,17,18). The maximum absolute atomic E-state index is 12.7. The smallest absolute Gasteiger partial charge is 0.305 e. The van der Waals surface area contributed by atoms with Gasteiger partial charge in [0.05, 0.1) is 24.0 Å². The lowest BCUT2D eigenvalue weighted by molar-refractivity contribution is -0.144. The number of nitrogens with one attached hydrogen (secondary N) is 2. The van der Waals surface area contributed by atoms with Gasteiger partial charge in [-0.25, -0.2) is 0 Å². The van der Waals surface area contributed by atoms with E-state index in [9.17, 15) is 9.59 Å². The van der Waals surface area contributed by atoms with Gasteiger partial charge in [-0.05, 0) is 45.2 Å². The van der Waals surface area contributed by atoms with E-state index >= 15 is 0 Å². The third kappa shape index (κ3) is 3.12. The van der Waals surface area contributed by atoms with Gasteiger partial charge in [-0.1, -0.05) is 0 Å². The average molecular weight is 284 g/mol. The molecule has 1 saturated heterocycles. The Hall–Kier alpha value is -1.14. The Balaban J connectivity index is 2.05. The van der Waals surface area contributed by atoms with Gasteiger partial charge in [0.1, 0.15) is 0 Å². The summed E-state index contributed by atoms with van der Waals surface area (Å²) in [6.45, 7) is 1.98. The van der Waals surface area contributed by atoms with E-state index in [2.05, 4.69) is 10.6 Å². The van der Waals surface area contributed by atoms with Gasteiger partial charge in [-0.3, -0.25) is 9.59 Å². The SMILES string of the molecule is COCC1(C(=O)NC2(CC(=O)O)CCC2)CCNCC1. The lowest BCUT2D eigenvalue weighted by Gasteiger charge is -2.45. The predicted octanol–water partition coefficient (Wildman–Crippen LogP) is 0.516. The van der Waals surface area contributed by atoms with Crippen molar-refractivity contribution in [2.75, 3.05) is 26.8 Å². The van der Waals surface area contributed by atoms with Gasteiger partial charge in [-0.2, -0.15) is 0 Å². The van der Waals surface area contributed by atoms with Crippen molar-refractivity contribution in [3.63, 3.8) is 0 Å². The second kappa shape index (κ2) is 6.10. The van der Waals surface area contributed by atoms with Crippen LogP contribution in [0.2, 0.25) is 0 Å². The van der Waals surface area contributed by atoms with Crippen LogP contribution in [0.1, 0.15) is 38.5 Å². The molecule has 2 rings (SSSR count). The van der Waals surface area contributed by atoms with E-state index in [0.717, 1.165) is 45.2 Å². The van der Waals surface area contributed by atoms with Gasteiger partial charge in [0.2, 0.25) is 5.91 Å². The fourth-order valence-corrected chi connectivity index (χ4v) is 3.23. The van der Waals surface area contributed by atoms with Crippen molar-refractivity contribution < 1.29 is 19.4 Å². The van der Waals surface area contributed by atoms with Crippen molar-refractivity contribution in [3.8, 4) is 0 Å². The van der Waals surface area contributed by atoms with E-state index < -0.39 is 16.9 Å². The van der Waals surface area contributed by atoms with Gasteiger partial charge in [0.25, 0.3) is 0 Å². The Labute approximate surface area is 119 Å². The molecule has 20 heavy (non-hydrogen) atoms. The van der Waals surface area contributed by atoms with Gasteiger partial charge >= 0.3 is 5.97 Å². The van der Waals surface area contributed by atoms with Crippen molar-refractivity contribution >= 4 is 11.9 Å². The van der Waals surface area contributed by atoms with Crippen LogP contribution in [0.3, 0.4) is 0 Å². The number of rotatable bonds is 6.